The van der Waals surface area contributed by atoms with Crippen LogP contribution in [-0.2, 0) is 28.6 Å². The largest absolute Gasteiger partial charge is 0.465 e. The molecule has 0 spiro atoms. The Morgan fingerprint density at radius 3 is 2.03 bits per heavy atom. The molecular weight excluding hydrogens is 498 g/mol. The topological polar surface area (TPSA) is 99.2 Å². The summed E-state index contributed by atoms with van der Waals surface area (Å²) in [5, 5.41) is 0. The molecule has 1 fully saturated rings. The number of carbonyl (C=O) groups is 4. The number of amides is 1. The van der Waals surface area contributed by atoms with Crippen molar-refractivity contribution in [1.29, 1.82) is 0 Å². The first-order valence-corrected chi connectivity index (χ1v) is 13.1. The molecule has 2 aromatic carbocycles. The van der Waals surface area contributed by atoms with E-state index in [1.54, 1.807) is 41.5 Å². The Morgan fingerprint density at radius 1 is 0.949 bits per heavy atom. The minimum Gasteiger partial charge on any atom is -0.465 e. The number of carbonyl (C=O) groups excluding carboxylic acids is 4. The summed E-state index contributed by atoms with van der Waals surface area (Å²) in [5.41, 5.74) is 1.28. The van der Waals surface area contributed by atoms with E-state index in [1.807, 2.05) is 60.7 Å². The number of rotatable bonds is 10. The molecule has 4 atom stereocenters. The molecule has 8 heteroatoms. The summed E-state index contributed by atoms with van der Waals surface area (Å²) in [6, 6.07) is 16.5. The van der Waals surface area contributed by atoms with Crippen LogP contribution in [0.4, 0.5) is 4.79 Å². The average Bonchev–Trinajstić information content (AvgIpc) is 3.20. The smallest absolute Gasteiger partial charge is 0.411 e. The Labute approximate surface area is 229 Å². The quantitative estimate of drug-likeness (QED) is 0.166. The highest BCUT2D eigenvalue weighted by Crippen LogP contribution is 2.46. The second-order valence-corrected chi connectivity index (χ2v) is 10.7. The predicted octanol–water partition coefficient (Wildman–Crippen LogP) is 5.74. The van der Waals surface area contributed by atoms with Crippen molar-refractivity contribution in [1.82, 2.24) is 4.90 Å². The Kier molecular flexibility index (Phi) is 9.67. The van der Waals surface area contributed by atoms with Crippen LogP contribution in [0.2, 0.25) is 0 Å². The van der Waals surface area contributed by atoms with Gasteiger partial charge in [-0.2, -0.15) is 0 Å². The Morgan fingerprint density at radius 2 is 1.51 bits per heavy atom. The van der Waals surface area contributed by atoms with E-state index in [2.05, 4.69) is 0 Å². The van der Waals surface area contributed by atoms with Crippen LogP contribution in [0.5, 0.6) is 0 Å². The van der Waals surface area contributed by atoms with Gasteiger partial charge in [-0.25, -0.2) is 4.79 Å². The lowest BCUT2D eigenvalue weighted by Crippen LogP contribution is -2.51. The van der Waals surface area contributed by atoms with Gasteiger partial charge in [0.2, 0.25) is 0 Å². The number of hydrogen-bond donors (Lipinski definition) is 0. The number of nitrogens with zero attached hydrogens (tertiary/aromatic N) is 1. The van der Waals surface area contributed by atoms with Crippen LogP contribution in [0.25, 0.3) is 0 Å². The van der Waals surface area contributed by atoms with Crippen molar-refractivity contribution in [2.75, 3.05) is 6.61 Å². The number of ether oxygens (including phenoxy) is 3. The fraction of sp³-hybridized carbons (Fsp3) is 0.419. The molecule has 1 unspecified atom stereocenters. The van der Waals surface area contributed by atoms with Gasteiger partial charge in [-0.15, -0.1) is 0 Å². The van der Waals surface area contributed by atoms with E-state index in [9.17, 15) is 19.2 Å². The molecule has 0 aromatic heterocycles. The zero-order valence-electron chi connectivity index (χ0n) is 23.4. The van der Waals surface area contributed by atoms with Crippen LogP contribution in [0.3, 0.4) is 0 Å². The number of benzene rings is 2. The van der Waals surface area contributed by atoms with Gasteiger partial charge in [0.25, 0.3) is 0 Å². The van der Waals surface area contributed by atoms with Crippen LogP contribution in [0.1, 0.15) is 71.2 Å². The summed E-state index contributed by atoms with van der Waals surface area (Å²) < 4.78 is 16.8. The number of ketones is 1. The Bertz CT molecular complexity index is 1200. The average molecular weight is 536 g/mol. The van der Waals surface area contributed by atoms with Gasteiger partial charge >= 0.3 is 18.0 Å². The minimum atomic E-state index is -1.58. The standard InChI is InChI=1S/C31H37NO7/c1-7-37-28(34)25(29(35)39-31(4,5)6)24(19-23(33)18-20(2)3)32-26(21-14-10-8-11-15-21)27(38-30(32)36)22-16-12-9-13-17-22/h8-18,24-27H,7,19H2,1-6H3/t24-,25?,26+,27-/m1/s1. The molecule has 39 heavy (non-hydrogen) atoms. The van der Waals surface area contributed by atoms with Crippen LogP contribution < -0.4 is 0 Å². The predicted molar refractivity (Wildman–Crippen MR) is 145 cm³/mol. The lowest BCUT2D eigenvalue weighted by Gasteiger charge is -2.36. The number of allylic oxidation sites excluding steroid dienone is 2. The first-order valence-electron chi connectivity index (χ1n) is 13.1. The fourth-order valence-electron chi connectivity index (χ4n) is 4.69. The van der Waals surface area contributed by atoms with Crippen LogP contribution in [0.15, 0.2) is 72.3 Å². The van der Waals surface area contributed by atoms with Gasteiger partial charge in [0, 0.05) is 6.42 Å². The molecule has 0 saturated carbocycles. The second kappa shape index (κ2) is 12.7. The van der Waals surface area contributed by atoms with E-state index in [-0.39, 0.29) is 18.8 Å². The van der Waals surface area contributed by atoms with E-state index >= 15 is 0 Å². The van der Waals surface area contributed by atoms with Crippen molar-refractivity contribution >= 4 is 23.8 Å². The second-order valence-electron chi connectivity index (χ2n) is 10.7. The SMILES string of the molecule is CCOC(=O)C(C(=O)OC(C)(C)C)[C@@H](CC(=O)C=C(C)C)N1C(=O)O[C@H](c2ccccc2)[C@@H]1c1ccccc1. The third-order valence-corrected chi connectivity index (χ3v) is 6.10. The molecule has 1 heterocycles. The van der Waals surface area contributed by atoms with Gasteiger partial charge in [0.1, 0.15) is 11.6 Å². The maximum Gasteiger partial charge on any atom is 0.411 e. The van der Waals surface area contributed by atoms with Crippen LogP contribution in [0, 0.1) is 5.92 Å². The van der Waals surface area contributed by atoms with E-state index < -0.39 is 47.7 Å². The summed E-state index contributed by atoms with van der Waals surface area (Å²) in [5.74, 6) is -3.67. The lowest BCUT2D eigenvalue weighted by atomic mass is 9.88. The van der Waals surface area contributed by atoms with Gasteiger partial charge < -0.3 is 14.2 Å². The molecule has 1 saturated heterocycles. The van der Waals surface area contributed by atoms with Crippen LogP contribution in [-0.4, -0.2) is 47.0 Å². The molecule has 208 valence electrons. The number of hydrogen-bond acceptors (Lipinski definition) is 7. The third-order valence-electron chi connectivity index (χ3n) is 6.10. The monoisotopic (exact) mass is 535 g/mol. The van der Waals surface area contributed by atoms with E-state index in [0.717, 1.165) is 16.7 Å². The van der Waals surface area contributed by atoms with Crippen molar-refractivity contribution < 1.29 is 33.4 Å². The molecule has 1 aliphatic heterocycles. The molecule has 0 N–H and O–H groups in total. The molecule has 0 radical (unpaired) electrons. The van der Waals surface area contributed by atoms with Gasteiger partial charge in [0.05, 0.1) is 12.6 Å². The lowest BCUT2D eigenvalue weighted by molar-refractivity contribution is -0.172. The van der Waals surface area contributed by atoms with Crippen molar-refractivity contribution in [2.45, 2.75) is 71.8 Å². The van der Waals surface area contributed by atoms with Gasteiger partial charge in [-0.3, -0.25) is 19.3 Å². The zero-order valence-corrected chi connectivity index (χ0v) is 23.4. The molecule has 8 nitrogen and oxygen atoms in total. The van der Waals surface area contributed by atoms with Crippen LogP contribution >= 0.6 is 0 Å². The van der Waals surface area contributed by atoms with Crippen molar-refractivity contribution in [2.24, 2.45) is 5.92 Å². The van der Waals surface area contributed by atoms with Gasteiger partial charge in [-0.1, -0.05) is 66.2 Å². The highest BCUT2D eigenvalue weighted by atomic mass is 16.6. The summed E-state index contributed by atoms with van der Waals surface area (Å²) >= 11 is 0. The number of cyclic esters (lactones) is 1. The molecule has 1 amide bonds. The van der Waals surface area contributed by atoms with Crippen molar-refractivity contribution in [3.63, 3.8) is 0 Å². The zero-order chi connectivity index (χ0) is 28.7. The summed E-state index contributed by atoms with van der Waals surface area (Å²) in [6.45, 7) is 10.2. The molecule has 0 bridgehead atoms. The van der Waals surface area contributed by atoms with E-state index in [4.69, 9.17) is 14.2 Å². The molecule has 2 aromatic rings. The Balaban J connectivity index is 2.21. The third kappa shape index (κ3) is 7.56. The molecular formula is C31H37NO7. The Hall–Kier alpha value is -3.94. The van der Waals surface area contributed by atoms with E-state index in [1.165, 1.54) is 11.0 Å². The maximum atomic E-state index is 13.7. The minimum absolute atomic E-state index is 0.00592. The highest BCUT2D eigenvalue weighted by molar-refractivity contribution is 5.98. The highest BCUT2D eigenvalue weighted by Gasteiger charge is 2.53. The van der Waals surface area contributed by atoms with Gasteiger partial charge in [-0.05, 0) is 58.7 Å². The number of esters is 2. The summed E-state index contributed by atoms with van der Waals surface area (Å²) in [7, 11) is 0. The normalized spacial score (nSPS) is 18.5. The maximum absolute atomic E-state index is 13.7. The van der Waals surface area contributed by atoms with Gasteiger partial charge in [0.15, 0.2) is 17.8 Å². The van der Waals surface area contributed by atoms with Crippen molar-refractivity contribution in [3.05, 3.63) is 83.4 Å². The summed E-state index contributed by atoms with van der Waals surface area (Å²) in [6.07, 6.45) is -0.375. The summed E-state index contributed by atoms with van der Waals surface area (Å²) in [4.78, 5) is 55.0. The molecule has 0 aliphatic carbocycles. The van der Waals surface area contributed by atoms with E-state index in [0.29, 0.717) is 0 Å². The first-order chi connectivity index (χ1) is 18.4. The first kappa shape index (κ1) is 29.6. The molecule has 1 aliphatic rings. The fourth-order valence-corrected chi connectivity index (χ4v) is 4.69. The van der Waals surface area contributed by atoms with Crippen molar-refractivity contribution in [3.8, 4) is 0 Å². The molecule has 3 rings (SSSR count).